The smallest absolute Gasteiger partial charge is 0.309 e. The molecule has 2 aromatic heterocycles. The van der Waals surface area contributed by atoms with Crippen molar-refractivity contribution in [2.45, 2.75) is 40.0 Å². The van der Waals surface area contributed by atoms with Crippen LogP contribution < -0.4 is 0 Å². The van der Waals surface area contributed by atoms with Gasteiger partial charge in [-0.25, -0.2) is 0 Å². The molecule has 2 heterocycles. The van der Waals surface area contributed by atoms with Crippen molar-refractivity contribution in [3.63, 3.8) is 0 Å². The number of hydrogen-bond donors (Lipinski definition) is 0. The molecule has 0 amide bonds. The van der Waals surface area contributed by atoms with Gasteiger partial charge in [0.15, 0.2) is 0 Å². The van der Waals surface area contributed by atoms with Crippen molar-refractivity contribution in [2.24, 2.45) is 0 Å². The van der Waals surface area contributed by atoms with Gasteiger partial charge in [0.2, 0.25) is 0 Å². The number of alkyl halides is 6. The molecule has 0 bridgehead atoms. The molecule has 0 saturated carbocycles. The van der Waals surface area contributed by atoms with Gasteiger partial charge in [0.1, 0.15) is 0 Å². The van der Waals surface area contributed by atoms with E-state index in [1.54, 1.807) is 24.3 Å². The quantitative estimate of drug-likeness (QED) is 0.140. The molecule has 0 fully saturated rings. The van der Waals surface area contributed by atoms with E-state index >= 15 is 26.3 Å². The first-order valence-corrected chi connectivity index (χ1v) is 26.9. The van der Waals surface area contributed by atoms with Crippen LogP contribution in [0.3, 0.4) is 0 Å². The fourth-order valence-corrected chi connectivity index (χ4v) is 12.2. The molecule has 0 aliphatic heterocycles. The maximum atomic E-state index is 15.8. The molecule has 11 aromatic carbocycles. The molecule has 0 aliphatic rings. The van der Waals surface area contributed by atoms with Gasteiger partial charge >= 0.3 is 12.4 Å². The summed E-state index contributed by atoms with van der Waals surface area (Å²) in [5.74, 6) is 0. The average molecular weight is 1080 g/mol. The van der Waals surface area contributed by atoms with Crippen LogP contribution >= 0.6 is 0 Å². The summed E-state index contributed by atoms with van der Waals surface area (Å²) >= 11 is 0. The van der Waals surface area contributed by atoms with Gasteiger partial charge in [0.05, 0.1) is 56.2 Å². The van der Waals surface area contributed by atoms with Crippen molar-refractivity contribution in [2.75, 3.05) is 0 Å². The van der Waals surface area contributed by atoms with Crippen molar-refractivity contribution in [3.8, 4) is 84.2 Å². The van der Waals surface area contributed by atoms with E-state index in [1.165, 1.54) is 12.1 Å². The molecule has 0 saturated heterocycles. The van der Waals surface area contributed by atoms with Gasteiger partial charge in [-0.2, -0.15) is 31.6 Å². The van der Waals surface area contributed by atoms with Gasteiger partial charge in [-0.3, -0.25) is 0 Å². The number of halogens is 6. The van der Waals surface area contributed by atoms with E-state index in [-0.39, 0.29) is 27.9 Å². The maximum absolute atomic E-state index is 15.8. The number of aryl methyl sites for hydroxylation is 4. The summed E-state index contributed by atoms with van der Waals surface area (Å²) in [7, 11) is 0. The molecular weight excluding hydrogens is 1030 g/mol. The zero-order valence-electron chi connectivity index (χ0n) is 45.0. The summed E-state index contributed by atoms with van der Waals surface area (Å²) in [5.41, 5.74) is 11.2. The van der Waals surface area contributed by atoms with Crippen molar-refractivity contribution in [1.29, 1.82) is 5.26 Å². The Labute approximate surface area is 469 Å². The fraction of sp³-hybridized carbons (Fsp3) is 0.0822. The predicted molar refractivity (Wildman–Crippen MR) is 321 cm³/mol. The highest BCUT2D eigenvalue weighted by Gasteiger charge is 2.42. The highest BCUT2D eigenvalue weighted by molar-refractivity contribution is 6.15. The minimum Gasteiger partial charge on any atom is -0.309 e. The van der Waals surface area contributed by atoms with Crippen molar-refractivity contribution in [3.05, 3.63) is 263 Å². The highest BCUT2D eigenvalue weighted by atomic mass is 19.4. The largest absolute Gasteiger partial charge is 0.417 e. The second-order valence-electron chi connectivity index (χ2n) is 21.3. The number of rotatable bonds is 8. The topological polar surface area (TPSA) is 33.6 Å². The number of nitriles is 1. The maximum Gasteiger partial charge on any atom is 0.417 e. The first-order valence-electron chi connectivity index (χ1n) is 26.9. The monoisotopic (exact) mass is 1080 g/mol. The van der Waals surface area contributed by atoms with Crippen LogP contribution in [-0.4, -0.2) is 9.13 Å². The standard InChI is InChI=1S/C73H49F6N3/c1-43-12-5-16-47(34-43)51-26-30-63-57(38-51)58-39-52(48-17-6-13-44(2)35-48)27-31-64(58)81(63)67-24-9-20-55(42-80)69(67)71-56(70-61(72(74,75)76)22-11-23-62(70)73(77,78)79)21-10-25-68(71)82-65-32-28-53(49-18-7-14-45(3)36-49)40-59(65)60-41-54(29-33-66(60)82)50-19-8-15-46(4)37-50/h5-41H,1-4H3. The van der Waals surface area contributed by atoms with Gasteiger partial charge in [-0.1, -0.05) is 168 Å². The Morgan fingerprint density at radius 1 is 0.317 bits per heavy atom. The lowest BCUT2D eigenvalue weighted by atomic mass is 9.85. The van der Waals surface area contributed by atoms with Gasteiger partial charge in [-0.05, 0) is 157 Å². The zero-order chi connectivity index (χ0) is 56.8. The van der Waals surface area contributed by atoms with Crippen LogP contribution in [0.2, 0.25) is 0 Å². The van der Waals surface area contributed by atoms with Crippen LogP contribution in [0.1, 0.15) is 38.9 Å². The van der Waals surface area contributed by atoms with E-state index in [4.69, 9.17) is 0 Å². The van der Waals surface area contributed by atoms with E-state index in [1.807, 2.05) is 158 Å². The SMILES string of the molecule is Cc1cccc(-c2ccc3c(c2)c2cc(-c4cccc(C)c4)ccc2n3-c2cccc(C#N)c2-c2c(-c3c(C(F)(F)F)cccc3C(F)(F)F)cccc2-n2c3ccc(-c4cccc(C)c4)cc3c3cc(-c4cccc(C)c4)ccc32)c1. The summed E-state index contributed by atoms with van der Waals surface area (Å²) in [6, 6.07) is 71.3. The minimum absolute atomic E-state index is 0.00364. The molecule has 0 spiro atoms. The van der Waals surface area contributed by atoms with E-state index in [9.17, 15) is 5.26 Å². The normalized spacial score (nSPS) is 12.0. The van der Waals surface area contributed by atoms with E-state index in [0.29, 0.717) is 39.9 Å². The van der Waals surface area contributed by atoms with Crippen LogP contribution in [0, 0.1) is 39.0 Å². The van der Waals surface area contributed by atoms with E-state index < -0.39 is 29.0 Å². The summed E-state index contributed by atoms with van der Waals surface area (Å²) in [6.07, 6.45) is -10.5. The van der Waals surface area contributed by atoms with Crippen LogP contribution in [0.25, 0.3) is 122 Å². The number of benzene rings is 11. The Balaban J connectivity index is 1.18. The molecule has 82 heavy (non-hydrogen) atoms. The lowest BCUT2D eigenvalue weighted by Crippen LogP contribution is -2.15. The molecule has 9 heteroatoms. The summed E-state index contributed by atoms with van der Waals surface area (Å²) < 4.78 is 98.5. The average Bonchev–Trinajstić information content (AvgIpc) is 3.74. The summed E-state index contributed by atoms with van der Waals surface area (Å²) in [4.78, 5) is 0. The van der Waals surface area contributed by atoms with Gasteiger partial charge in [0.25, 0.3) is 0 Å². The Morgan fingerprint density at radius 2 is 0.622 bits per heavy atom. The Kier molecular flexibility index (Phi) is 12.4. The van der Waals surface area contributed by atoms with Crippen molar-refractivity contribution in [1.82, 2.24) is 9.13 Å². The first-order chi connectivity index (χ1) is 39.5. The van der Waals surface area contributed by atoms with Gasteiger partial charge in [-0.15, -0.1) is 0 Å². The molecule has 13 aromatic rings. The molecule has 398 valence electrons. The molecular formula is C73H49F6N3. The van der Waals surface area contributed by atoms with Crippen LogP contribution in [-0.2, 0) is 12.4 Å². The summed E-state index contributed by atoms with van der Waals surface area (Å²) in [6.45, 7) is 8.12. The Hall–Kier alpha value is -9.91. The molecule has 0 unspecified atom stereocenters. The Morgan fingerprint density at radius 3 is 0.951 bits per heavy atom. The Bertz CT molecular complexity index is 4560. The number of aromatic nitrogens is 2. The van der Waals surface area contributed by atoms with Gasteiger partial charge < -0.3 is 9.13 Å². The summed E-state index contributed by atoms with van der Waals surface area (Å²) in [5, 5.41) is 14.8. The second kappa shape index (κ2) is 19.7. The second-order valence-corrected chi connectivity index (χ2v) is 21.3. The predicted octanol–water partition coefficient (Wildman–Crippen LogP) is 21.0. The molecule has 0 N–H and O–H groups in total. The molecule has 3 nitrogen and oxygen atoms in total. The lowest BCUT2D eigenvalue weighted by Gasteiger charge is -2.25. The first kappa shape index (κ1) is 51.5. The number of nitrogens with zero attached hydrogens (tertiary/aromatic N) is 3. The third kappa shape index (κ3) is 8.88. The number of fused-ring (bicyclic) bond motifs is 6. The fourth-order valence-electron chi connectivity index (χ4n) is 12.2. The molecule has 0 aliphatic carbocycles. The van der Waals surface area contributed by atoms with Crippen LogP contribution in [0.15, 0.2) is 224 Å². The van der Waals surface area contributed by atoms with E-state index in [2.05, 4.69) is 54.6 Å². The molecule has 13 rings (SSSR count). The zero-order valence-corrected chi connectivity index (χ0v) is 45.0. The molecule has 0 radical (unpaired) electrons. The third-order valence-corrected chi connectivity index (χ3v) is 15.8. The van der Waals surface area contributed by atoms with Crippen LogP contribution in [0.5, 0.6) is 0 Å². The minimum atomic E-state index is -5.23. The van der Waals surface area contributed by atoms with Gasteiger partial charge in [0, 0.05) is 38.2 Å². The van der Waals surface area contributed by atoms with E-state index in [0.717, 1.165) is 94.4 Å². The van der Waals surface area contributed by atoms with Crippen LogP contribution in [0.4, 0.5) is 26.3 Å². The highest BCUT2D eigenvalue weighted by Crippen LogP contribution is 2.52. The molecule has 0 atom stereocenters. The van der Waals surface area contributed by atoms with Crippen molar-refractivity contribution < 1.29 is 26.3 Å². The number of hydrogen-bond acceptors (Lipinski definition) is 1. The third-order valence-electron chi connectivity index (χ3n) is 15.8. The lowest BCUT2D eigenvalue weighted by molar-refractivity contribution is -0.142. The van der Waals surface area contributed by atoms with Crippen molar-refractivity contribution >= 4 is 43.6 Å².